The first kappa shape index (κ1) is 19.6. The molecule has 2 aliphatic rings. The average Bonchev–Trinajstić information content (AvgIpc) is 3.10. The molecule has 1 aromatic rings. The number of nitrogens with zero attached hydrogens (tertiary/aromatic N) is 1. The molecule has 1 saturated carbocycles. The Bertz CT molecular complexity index is 693. The van der Waals surface area contributed by atoms with Gasteiger partial charge in [0.05, 0.1) is 6.04 Å². The van der Waals surface area contributed by atoms with E-state index in [-0.39, 0.29) is 17.9 Å². The van der Waals surface area contributed by atoms with Crippen molar-refractivity contribution in [2.75, 3.05) is 11.4 Å². The predicted molar refractivity (Wildman–Crippen MR) is 108 cm³/mol. The molecule has 0 aromatic heterocycles. The molecule has 5 nitrogen and oxygen atoms in total. The molecule has 3 rings (SSSR count). The van der Waals surface area contributed by atoms with Crippen LogP contribution >= 0.6 is 0 Å². The molecule has 146 valence electrons. The smallest absolute Gasteiger partial charge is 0.250 e. The molecule has 1 aliphatic heterocycles. The second-order valence-electron chi connectivity index (χ2n) is 7.87. The highest BCUT2D eigenvalue weighted by Crippen LogP contribution is 2.29. The summed E-state index contributed by atoms with van der Waals surface area (Å²) in [5, 5.41) is 3.01. The lowest BCUT2D eigenvalue weighted by atomic mass is 9.84. The van der Waals surface area contributed by atoms with Crippen LogP contribution in [0.4, 0.5) is 5.69 Å². The number of hydrogen-bond donors (Lipinski definition) is 2. The molecular formula is C22H31N3O2. The summed E-state index contributed by atoms with van der Waals surface area (Å²) in [4.78, 5) is 26.6. The maximum Gasteiger partial charge on any atom is 0.250 e. The molecule has 5 heteroatoms. The molecule has 0 saturated heterocycles. The molecule has 2 atom stereocenters. The Morgan fingerprint density at radius 2 is 2.00 bits per heavy atom. The quantitative estimate of drug-likeness (QED) is 0.757. The Kier molecular flexibility index (Phi) is 6.67. The number of nitrogens with one attached hydrogen (secondary N) is 1. The molecule has 2 unspecified atom stereocenters. The lowest BCUT2D eigenvalue weighted by molar-refractivity contribution is -0.122. The molecule has 0 bridgehead atoms. The van der Waals surface area contributed by atoms with Gasteiger partial charge in [0.2, 0.25) is 5.91 Å². The van der Waals surface area contributed by atoms with Gasteiger partial charge in [-0.05, 0) is 37.3 Å². The van der Waals surface area contributed by atoms with Crippen molar-refractivity contribution in [3.63, 3.8) is 0 Å². The van der Waals surface area contributed by atoms with E-state index in [0.29, 0.717) is 12.5 Å². The van der Waals surface area contributed by atoms with Crippen molar-refractivity contribution < 1.29 is 9.59 Å². The highest BCUT2D eigenvalue weighted by Gasteiger charge is 2.24. The first-order chi connectivity index (χ1) is 13.0. The SMILES string of the molecule is CC(N)C(=O)NC(C=CC(=O)N1CCc2ccccc21)CC1CCCCC1. The van der Waals surface area contributed by atoms with Crippen molar-refractivity contribution >= 4 is 17.5 Å². The van der Waals surface area contributed by atoms with Crippen LogP contribution in [0.15, 0.2) is 36.4 Å². The second kappa shape index (κ2) is 9.18. The zero-order chi connectivity index (χ0) is 19.2. The summed E-state index contributed by atoms with van der Waals surface area (Å²) in [6.07, 6.45) is 11.5. The summed E-state index contributed by atoms with van der Waals surface area (Å²) in [6.45, 7) is 2.39. The molecule has 0 spiro atoms. The monoisotopic (exact) mass is 369 g/mol. The van der Waals surface area contributed by atoms with Gasteiger partial charge in [0.1, 0.15) is 0 Å². The van der Waals surface area contributed by atoms with Crippen molar-refractivity contribution in [3.8, 4) is 0 Å². The van der Waals surface area contributed by atoms with Crippen molar-refractivity contribution in [2.24, 2.45) is 11.7 Å². The van der Waals surface area contributed by atoms with E-state index in [0.717, 1.165) is 18.5 Å². The standard InChI is InChI=1S/C22H31N3O2/c1-16(23)22(27)24-19(15-17-7-3-2-4-8-17)11-12-21(26)25-14-13-18-9-5-6-10-20(18)25/h5-6,9-12,16-17,19H,2-4,7-8,13-15,23H2,1H3,(H,24,27). The molecule has 1 fully saturated rings. The number of anilines is 1. The third-order valence-corrected chi connectivity index (χ3v) is 5.68. The van der Waals surface area contributed by atoms with Crippen LogP contribution in [0.3, 0.4) is 0 Å². The number of benzene rings is 1. The van der Waals surface area contributed by atoms with Gasteiger partial charge >= 0.3 is 0 Å². The van der Waals surface area contributed by atoms with Crippen LogP contribution < -0.4 is 16.0 Å². The van der Waals surface area contributed by atoms with Gasteiger partial charge in [-0.1, -0.05) is 56.4 Å². The summed E-state index contributed by atoms with van der Waals surface area (Å²) in [5.74, 6) is 0.410. The summed E-state index contributed by atoms with van der Waals surface area (Å²) in [6, 6.07) is 7.34. The van der Waals surface area contributed by atoms with Gasteiger partial charge in [-0.2, -0.15) is 0 Å². The van der Waals surface area contributed by atoms with E-state index in [1.165, 1.54) is 37.7 Å². The number of nitrogens with two attached hydrogens (primary N) is 1. The lowest BCUT2D eigenvalue weighted by Crippen LogP contribution is -2.44. The average molecular weight is 370 g/mol. The third kappa shape index (κ3) is 5.19. The number of para-hydroxylation sites is 1. The number of carbonyl (C=O) groups excluding carboxylic acids is 2. The molecule has 0 radical (unpaired) electrons. The van der Waals surface area contributed by atoms with E-state index < -0.39 is 6.04 Å². The fourth-order valence-corrected chi connectivity index (χ4v) is 4.14. The summed E-state index contributed by atoms with van der Waals surface area (Å²) < 4.78 is 0. The van der Waals surface area contributed by atoms with Crippen molar-refractivity contribution in [1.82, 2.24) is 5.32 Å². The Morgan fingerprint density at radius 1 is 1.26 bits per heavy atom. The van der Waals surface area contributed by atoms with E-state index in [1.807, 2.05) is 29.2 Å². The highest BCUT2D eigenvalue weighted by atomic mass is 16.2. The van der Waals surface area contributed by atoms with Gasteiger partial charge in [-0.25, -0.2) is 0 Å². The Balaban J connectivity index is 1.66. The Morgan fingerprint density at radius 3 is 2.74 bits per heavy atom. The molecule has 2 amide bonds. The number of carbonyl (C=O) groups is 2. The fraction of sp³-hybridized carbons (Fsp3) is 0.545. The zero-order valence-electron chi connectivity index (χ0n) is 16.2. The van der Waals surface area contributed by atoms with Crippen molar-refractivity contribution in [3.05, 3.63) is 42.0 Å². The minimum atomic E-state index is -0.548. The number of fused-ring (bicyclic) bond motifs is 1. The van der Waals surface area contributed by atoms with Gasteiger partial charge in [0.25, 0.3) is 5.91 Å². The first-order valence-corrected chi connectivity index (χ1v) is 10.2. The van der Waals surface area contributed by atoms with Crippen LogP contribution in [0.25, 0.3) is 0 Å². The van der Waals surface area contributed by atoms with E-state index in [2.05, 4.69) is 11.4 Å². The van der Waals surface area contributed by atoms with Gasteiger partial charge in [0.15, 0.2) is 0 Å². The van der Waals surface area contributed by atoms with Crippen LogP contribution in [0.1, 0.15) is 51.0 Å². The van der Waals surface area contributed by atoms with E-state index in [4.69, 9.17) is 5.73 Å². The zero-order valence-corrected chi connectivity index (χ0v) is 16.2. The molecule has 27 heavy (non-hydrogen) atoms. The second-order valence-corrected chi connectivity index (χ2v) is 7.87. The number of rotatable bonds is 6. The van der Waals surface area contributed by atoms with Crippen LogP contribution in [-0.4, -0.2) is 30.4 Å². The molecule has 1 aromatic carbocycles. The summed E-state index contributed by atoms with van der Waals surface area (Å²) >= 11 is 0. The topological polar surface area (TPSA) is 75.4 Å². The van der Waals surface area contributed by atoms with Gasteiger partial charge in [-0.3, -0.25) is 9.59 Å². The van der Waals surface area contributed by atoms with E-state index >= 15 is 0 Å². The van der Waals surface area contributed by atoms with Crippen molar-refractivity contribution in [1.29, 1.82) is 0 Å². The molecule has 1 heterocycles. The minimum Gasteiger partial charge on any atom is -0.349 e. The van der Waals surface area contributed by atoms with E-state index in [1.54, 1.807) is 13.0 Å². The van der Waals surface area contributed by atoms with Crippen LogP contribution in [0.5, 0.6) is 0 Å². The third-order valence-electron chi connectivity index (χ3n) is 5.68. The largest absolute Gasteiger partial charge is 0.349 e. The lowest BCUT2D eigenvalue weighted by Gasteiger charge is -2.26. The minimum absolute atomic E-state index is 0.0244. The van der Waals surface area contributed by atoms with Crippen molar-refractivity contribution in [2.45, 2.75) is 64.0 Å². The molecule has 3 N–H and O–H groups in total. The first-order valence-electron chi connectivity index (χ1n) is 10.2. The summed E-state index contributed by atoms with van der Waals surface area (Å²) in [5.41, 5.74) is 7.92. The molecular weight excluding hydrogens is 338 g/mol. The normalized spacial score (nSPS) is 19.7. The van der Waals surface area contributed by atoms with Gasteiger partial charge in [0, 0.05) is 24.4 Å². The van der Waals surface area contributed by atoms with Crippen LogP contribution in [0, 0.1) is 5.92 Å². The van der Waals surface area contributed by atoms with Crippen LogP contribution in [0.2, 0.25) is 0 Å². The number of amides is 2. The Hall–Kier alpha value is -2.14. The molecule has 1 aliphatic carbocycles. The Labute approximate surface area is 162 Å². The summed E-state index contributed by atoms with van der Waals surface area (Å²) in [7, 11) is 0. The van der Waals surface area contributed by atoms with Crippen LogP contribution in [-0.2, 0) is 16.0 Å². The van der Waals surface area contributed by atoms with Gasteiger partial charge < -0.3 is 16.0 Å². The highest BCUT2D eigenvalue weighted by molar-refractivity contribution is 6.03. The fourth-order valence-electron chi connectivity index (χ4n) is 4.14. The van der Waals surface area contributed by atoms with E-state index in [9.17, 15) is 9.59 Å². The van der Waals surface area contributed by atoms with Gasteiger partial charge in [-0.15, -0.1) is 0 Å². The predicted octanol–water partition coefficient (Wildman–Crippen LogP) is 2.93. The maximum absolute atomic E-state index is 12.7. The maximum atomic E-state index is 12.7. The number of hydrogen-bond acceptors (Lipinski definition) is 3.